The second-order valence-corrected chi connectivity index (χ2v) is 4.12. The van der Waals surface area contributed by atoms with E-state index < -0.39 is 5.97 Å². The summed E-state index contributed by atoms with van der Waals surface area (Å²) in [6.45, 7) is 1.98. The van der Waals surface area contributed by atoms with Gasteiger partial charge in [-0.25, -0.2) is 4.79 Å². The standard InChI is InChI=1S/C6H6BrNO3S/c1-2-11-5(10)3-4(9)8-6(7)12-3/h9H,2H2,1H3. The van der Waals surface area contributed by atoms with Gasteiger partial charge in [0.25, 0.3) is 0 Å². The number of ether oxygens (including phenoxy) is 1. The summed E-state index contributed by atoms with van der Waals surface area (Å²) in [5, 5.41) is 9.10. The fourth-order valence-corrected chi connectivity index (χ4v) is 1.85. The summed E-state index contributed by atoms with van der Waals surface area (Å²) < 4.78 is 5.13. The second-order valence-electron chi connectivity index (χ2n) is 1.84. The van der Waals surface area contributed by atoms with E-state index in [1.807, 2.05) is 0 Å². The van der Waals surface area contributed by atoms with Crippen LogP contribution >= 0.6 is 27.3 Å². The van der Waals surface area contributed by atoms with E-state index in [1.165, 1.54) is 0 Å². The second kappa shape index (κ2) is 3.86. The third kappa shape index (κ3) is 1.95. The highest BCUT2D eigenvalue weighted by Crippen LogP contribution is 2.28. The minimum Gasteiger partial charge on any atom is -0.492 e. The molecular formula is C6H6BrNO3S. The fraction of sp³-hybridized carbons (Fsp3) is 0.333. The number of hydrogen-bond donors (Lipinski definition) is 1. The van der Waals surface area contributed by atoms with Crippen molar-refractivity contribution in [3.63, 3.8) is 0 Å². The molecular weight excluding hydrogens is 246 g/mol. The molecule has 0 atom stereocenters. The summed E-state index contributed by atoms with van der Waals surface area (Å²) in [6.07, 6.45) is 0. The van der Waals surface area contributed by atoms with Gasteiger partial charge in [-0.05, 0) is 22.9 Å². The van der Waals surface area contributed by atoms with E-state index in [0.29, 0.717) is 3.92 Å². The van der Waals surface area contributed by atoms with Gasteiger partial charge in [0.05, 0.1) is 6.61 Å². The van der Waals surface area contributed by atoms with Gasteiger partial charge in [0.15, 0.2) is 8.79 Å². The molecule has 0 saturated carbocycles. The Morgan fingerprint density at radius 3 is 2.92 bits per heavy atom. The van der Waals surface area contributed by atoms with Crippen molar-refractivity contribution in [3.8, 4) is 5.88 Å². The van der Waals surface area contributed by atoms with Gasteiger partial charge < -0.3 is 9.84 Å². The van der Waals surface area contributed by atoms with Gasteiger partial charge in [-0.1, -0.05) is 11.3 Å². The highest BCUT2D eigenvalue weighted by Gasteiger charge is 2.17. The van der Waals surface area contributed by atoms with Crippen LogP contribution in [0.15, 0.2) is 3.92 Å². The van der Waals surface area contributed by atoms with E-state index in [4.69, 9.17) is 5.11 Å². The highest BCUT2D eigenvalue weighted by molar-refractivity contribution is 9.11. The van der Waals surface area contributed by atoms with Crippen LogP contribution in [-0.4, -0.2) is 22.7 Å². The van der Waals surface area contributed by atoms with E-state index in [0.717, 1.165) is 11.3 Å². The van der Waals surface area contributed by atoms with Crippen molar-refractivity contribution in [2.24, 2.45) is 0 Å². The van der Waals surface area contributed by atoms with E-state index >= 15 is 0 Å². The van der Waals surface area contributed by atoms with Gasteiger partial charge in [0.1, 0.15) is 0 Å². The average molecular weight is 252 g/mol. The molecule has 1 N–H and O–H groups in total. The molecule has 0 aromatic carbocycles. The summed E-state index contributed by atoms with van der Waals surface area (Å²) in [5.74, 6) is -0.830. The lowest BCUT2D eigenvalue weighted by atomic mass is 10.5. The Kier molecular flexibility index (Phi) is 3.05. The molecule has 6 heteroatoms. The maximum absolute atomic E-state index is 11.0. The molecule has 0 aliphatic rings. The molecule has 0 amide bonds. The van der Waals surface area contributed by atoms with Crippen molar-refractivity contribution < 1.29 is 14.6 Å². The third-order valence-corrected chi connectivity index (χ3v) is 2.52. The Morgan fingerprint density at radius 1 is 1.83 bits per heavy atom. The van der Waals surface area contributed by atoms with Crippen molar-refractivity contribution in [2.75, 3.05) is 6.61 Å². The van der Waals surface area contributed by atoms with Gasteiger partial charge in [-0.15, -0.1) is 0 Å². The number of carbonyl (C=O) groups is 1. The van der Waals surface area contributed by atoms with Crippen LogP contribution in [0.25, 0.3) is 0 Å². The Bertz CT molecular complexity index is 299. The summed E-state index contributed by atoms with van der Waals surface area (Å²) in [5.41, 5.74) is 0. The van der Waals surface area contributed by atoms with Crippen LogP contribution in [0.4, 0.5) is 0 Å². The van der Waals surface area contributed by atoms with Gasteiger partial charge in [-0.3, -0.25) is 0 Å². The summed E-state index contributed by atoms with van der Waals surface area (Å²) in [7, 11) is 0. The van der Waals surface area contributed by atoms with Crippen LogP contribution < -0.4 is 0 Å². The molecule has 1 aromatic rings. The first kappa shape index (κ1) is 9.47. The van der Waals surface area contributed by atoms with Crippen molar-refractivity contribution in [2.45, 2.75) is 6.92 Å². The zero-order valence-electron chi connectivity index (χ0n) is 6.20. The van der Waals surface area contributed by atoms with Crippen LogP contribution in [0.1, 0.15) is 16.6 Å². The summed E-state index contributed by atoms with van der Waals surface area (Å²) >= 11 is 4.09. The minimum absolute atomic E-state index is 0.128. The number of hydrogen-bond acceptors (Lipinski definition) is 5. The molecule has 0 radical (unpaired) electrons. The minimum atomic E-state index is -0.543. The molecule has 0 aliphatic heterocycles. The molecule has 0 aliphatic carbocycles. The Hall–Kier alpha value is -0.620. The predicted octanol–water partition coefficient (Wildman–Crippen LogP) is 1.79. The van der Waals surface area contributed by atoms with Crippen molar-refractivity contribution in [1.29, 1.82) is 0 Å². The van der Waals surface area contributed by atoms with Crippen molar-refractivity contribution in [1.82, 2.24) is 4.98 Å². The number of esters is 1. The lowest BCUT2D eigenvalue weighted by molar-refractivity contribution is 0.0528. The highest BCUT2D eigenvalue weighted by atomic mass is 79.9. The summed E-state index contributed by atoms with van der Waals surface area (Å²) in [6, 6.07) is 0. The lowest BCUT2D eigenvalue weighted by Crippen LogP contribution is -2.02. The molecule has 0 fully saturated rings. The van der Waals surface area contributed by atoms with Crippen LogP contribution in [0.5, 0.6) is 5.88 Å². The molecule has 1 heterocycles. The van der Waals surface area contributed by atoms with Gasteiger partial charge in [0.2, 0.25) is 5.88 Å². The number of halogens is 1. The molecule has 4 nitrogen and oxygen atoms in total. The predicted molar refractivity (Wildman–Crippen MR) is 47.4 cm³/mol. The van der Waals surface area contributed by atoms with Gasteiger partial charge >= 0.3 is 5.97 Å². The molecule has 0 unspecified atom stereocenters. The molecule has 0 spiro atoms. The van der Waals surface area contributed by atoms with Crippen molar-refractivity contribution >= 4 is 33.2 Å². The van der Waals surface area contributed by atoms with Crippen LogP contribution in [-0.2, 0) is 4.74 Å². The number of nitrogens with zero attached hydrogens (tertiary/aromatic N) is 1. The van der Waals surface area contributed by atoms with E-state index in [1.54, 1.807) is 6.92 Å². The molecule has 1 aromatic heterocycles. The first-order valence-electron chi connectivity index (χ1n) is 3.17. The first-order chi connectivity index (χ1) is 5.65. The Balaban J connectivity index is 2.87. The fourth-order valence-electron chi connectivity index (χ4n) is 0.616. The quantitative estimate of drug-likeness (QED) is 0.815. The number of aromatic nitrogens is 1. The smallest absolute Gasteiger partial charge is 0.354 e. The molecule has 12 heavy (non-hydrogen) atoms. The lowest BCUT2D eigenvalue weighted by Gasteiger charge is -1.96. The first-order valence-corrected chi connectivity index (χ1v) is 4.78. The van der Waals surface area contributed by atoms with Crippen molar-refractivity contribution in [3.05, 3.63) is 8.79 Å². The number of thiazole rings is 1. The largest absolute Gasteiger partial charge is 0.492 e. The zero-order chi connectivity index (χ0) is 9.14. The number of carbonyl (C=O) groups excluding carboxylic acids is 1. The SMILES string of the molecule is CCOC(=O)c1sc(Br)nc1O. The molecule has 0 bridgehead atoms. The molecule has 1 rings (SSSR count). The topological polar surface area (TPSA) is 59.4 Å². The maximum Gasteiger partial charge on any atom is 0.354 e. The Labute approximate surface area is 81.3 Å². The van der Waals surface area contributed by atoms with E-state index in [2.05, 4.69) is 25.7 Å². The van der Waals surface area contributed by atoms with Crippen LogP contribution in [0.3, 0.4) is 0 Å². The van der Waals surface area contributed by atoms with Crippen LogP contribution in [0.2, 0.25) is 0 Å². The number of rotatable bonds is 2. The molecule has 66 valence electrons. The zero-order valence-corrected chi connectivity index (χ0v) is 8.61. The van der Waals surface area contributed by atoms with Crippen LogP contribution in [0, 0.1) is 0 Å². The monoisotopic (exact) mass is 251 g/mol. The number of aromatic hydroxyl groups is 1. The molecule has 0 saturated heterocycles. The van der Waals surface area contributed by atoms with E-state index in [9.17, 15) is 4.79 Å². The normalized spacial score (nSPS) is 9.83. The summed E-state index contributed by atoms with van der Waals surface area (Å²) in [4.78, 5) is 14.8. The van der Waals surface area contributed by atoms with E-state index in [-0.39, 0.29) is 17.4 Å². The average Bonchev–Trinajstić information content (AvgIpc) is 2.30. The van der Waals surface area contributed by atoms with Gasteiger partial charge in [-0.2, -0.15) is 4.98 Å². The third-order valence-electron chi connectivity index (χ3n) is 1.04. The Morgan fingerprint density at radius 2 is 2.50 bits per heavy atom. The van der Waals surface area contributed by atoms with Gasteiger partial charge in [0, 0.05) is 0 Å². The maximum atomic E-state index is 11.0.